The van der Waals surface area contributed by atoms with E-state index in [1.165, 1.54) is 32.1 Å². The molecule has 0 N–H and O–H groups in total. The molecule has 0 aromatic carbocycles. The van der Waals surface area contributed by atoms with Crippen LogP contribution in [0.4, 0.5) is 0 Å². The maximum atomic E-state index is 12.3. The number of carbonyl (C=O) groups is 1. The molecule has 0 aromatic heterocycles. The Kier molecular flexibility index (Phi) is 2.56. The van der Waals surface area contributed by atoms with E-state index in [4.69, 9.17) is 0 Å². The molecule has 4 rings (SSSR count). The summed E-state index contributed by atoms with van der Waals surface area (Å²) >= 11 is 0. The summed E-state index contributed by atoms with van der Waals surface area (Å²) in [4.78, 5) is 12.3. The third-order valence-electron chi connectivity index (χ3n) is 6.73. The fourth-order valence-corrected chi connectivity index (χ4v) is 5.66. The Morgan fingerprint density at radius 3 is 3.00 bits per heavy atom. The fourth-order valence-electron chi connectivity index (χ4n) is 5.66. The molecule has 1 nitrogen and oxygen atoms in total. The lowest BCUT2D eigenvalue weighted by Gasteiger charge is -2.50. The van der Waals surface area contributed by atoms with E-state index in [1.807, 2.05) is 0 Å². The molecule has 4 aliphatic rings. The molecule has 1 heteroatoms. The Labute approximate surface area is 116 Å². The predicted octanol–water partition coefficient (Wildman–Crippen LogP) is 4.29. The highest BCUT2D eigenvalue weighted by atomic mass is 16.1. The number of ketones is 1. The second kappa shape index (κ2) is 4.07. The van der Waals surface area contributed by atoms with Crippen LogP contribution in [0.3, 0.4) is 0 Å². The molecule has 5 unspecified atom stereocenters. The topological polar surface area (TPSA) is 17.1 Å². The highest BCUT2D eigenvalue weighted by molar-refractivity contribution is 5.87. The molecule has 0 heterocycles. The van der Waals surface area contributed by atoms with E-state index in [0.29, 0.717) is 11.7 Å². The predicted molar refractivity (Wildman–Crippen MR) is 76.6 cm³/mol. The third kappa shape index (κ3) is 1.57. The van der Waals surface area contributed by atoms with E-state index in [-0.39, 0.29) is 5.41 Å². The fraction of sp³-hybridized carbons (Fsp3) is 0.722. The first kappa shape index (κ1) is 11.9. The summed E-state index contributed by atoms with van der Waals surface area (Å²) in [5, 5.41) is 0. The van der Waals surface area contributed by atoms with Crippen molar-refractivity contribution in [2.45, 2.75) is 51.9 Å². The molecule has 4 aliphatic carbocycles. The Morgan fingerprint density at radius 1 is 1.21 bits per heavy atom. The number of fused-ring (bicyclic) bond motifs is 5. The van der Waals surface area contributed by atoms with Gasteiger partial charge in [-0.3, -0.25) is 4.79 Å². The Balaban J connectivity index is 1.68. The highest BCUT2D eigenvalue weighted by Gasteiger charge is 2.55. The molecule has 0 saturated heterocycles. The molecule has 2 saturated carbocycles. The minimum Gasteiger partial charge on any atom is -0.299 e. The van der Waals surface area contributed by atoms with Crippen molar-refractivity contribution in [3.63, 3.8) is 0 Å². The van der Waals surface area contributed by atoms with Crippen LogP contribution < -0.4 is 0 Å². The normalized spacial score (nSPS) is 48.3. The quantitative estimate of drug-likeness (QED) is 0.631. The second-order valence-corrected chi connectivity index (χ2v) is 7.38. The van der Waals surface area contributed by atoms with Crippen molar-refractivity contribution >= 4 is 5.78 Å². The van der Waals surface area contributed by atoms with Crippen molar-refractivity contribution in [1.82, 2.24) is 0 Å². The number of carbonyl (C=O) groups excluding carboxylic acids is 1. The summed E-state index contributed by atoms with van der Waals surface area (Å²) in [6.45, 7) is 2.27. The third-order valence-corrected chi connectivity index (χ3v) is 6.73. The van der Waals surface area contributed by atoms with Crippen LogP contribution in [-0.2, 0) is 4.79 Å². The second-order valence-electron chi connectivity index (χ2n) is 7.38. The molecular weight excluding hydrogens is 232 g/mol. The minimum absolute atomic E-state index is 0.0387. The van der Waals surface area contributed by atoms with Crippen molar-refractivity contribution in [2.24, 2.45) is 29.1 Å². The van der Waals surface area contributed by atoms with Gasteiger partial charge in [0.1, 0.15) is 5.78 Å². The summed E-state index contributed by atoms with van der Waals surface area (Å²) in [5.41, 5.74) is 1.65. The van der Waals surface area contributed by atoms with Gasteiger partial charge in [-0.2, -0.15) is 0 Å². The zero-order valence-electron chi connectivity index (χ0n) is 11.9. The van der Waals surface area contributed by atoms with Gasteiger partial charge in [0.05, 0.1) is 0 Å². The van der Waals surface area contributed by atoms with Crippen molar-refractivity contribution in [3.05, 3.63) is 23.8 Å². The molecule has 0 bridgehead atoms. The van der Waals surface area contributed by atoms with Gasteiger partial charge in [-0.15, -0.1) is 0 Å². The van der Waals surface area contributed by atoms with Gasteiger partial charge in [-0.25, -0.2) is 0 Å². The van der Waals surface area contributed by atoms with Gasteiger partial charge in [0.2, 0.25) is 0 Å². The molecule has 0 aliphatic heterocycles. The van der Waals surface area contributed by atoms with Gasteiger partial charge < -0.3 is 0 Å². The van der Waals surface area contributed by atoms with Crippen LogP contribution in [0.15, 0.2) is 23.8 Å². The van der Waals surface area contributed by atoms with E-state index >= 15 is 0 Å². The van der Waals surface area contributed by atoms with E-state index in [0.717, 1.165) is 30.6 Å². The highest BCUT2D eigenvalue weighted by Crippen LogP contribution is 2.59. The molecule has 0 spiro atoms. The molecule has 0 radical (unpaired) electrons. The molecule has 2 fully saturated rings. The molecule has 102 valence electrons. The summed E-state index contributed by atoms with van der Waals surface area (Å²) in [6.07, 6.45) is 15.5. The Bertz CT molecular complexity index is 472. The number of rotatable bonds is 0. The monoisotopic (exact) mass is 256 g/mol. The maximum Gasteiger partial charge on any atom is 0.139 e. The van der Waals surface area contributed by atoms with Crippen LogP contribution in [0.2, 0.25) is 0 Å². The molecule has 0 aromatic rings. The smallest absolute Gasteiger partial charge is 0.139 e. The first-order valence-corrected chi connectivity index (χ1v) is 8.10. The number of hydrogen-bond acceptors (Lipinski definition) is 1. The SMILES string of the molecule is CC12CCC3C4CCC=CC4=CCC3C1CCC2=O. The molecule has 0 amide bonds. The van der Waals surface area contributed by atoms with Crippen molar-refractivity contribution < 1.29 is 4.79 Å². The van der Waals surface area contributed by atoms with E-state index in [1.54, 1.807) is 5.57 Å². The summed E-state index contributed by atoms with van der Waals surface area (Å²) in [5.74, 6) is 3.72. The van der Waals surface area contributed by atoms with E-state index in [2.05, 4.69) is 25.2 Å². The van der Waals surface area contributed by atoms with Crippen LogP contribution in [-0.4, -0.2) is 5.78 Å². The minimum atomic E-state index is 0.0387. The van der Waals surface area contributed by atoms with E-state index in [9.17, 15) is 4.79 Å². The van der Waals surface area contributed by atoms with Gasteiger partial charge in [0, 0.05) is 11.8 Å². The van der Waals surface area contributed by atoms with Crippen LogP contribution >= 0.6 is 0 Å². The van der Waals surface area contributed by atoms with Crippen LogP contribution in [0.5, 0.6) is 0 Å². The Hall–Kier alpha value is -0.850. The average Bonchev–Trinajstić information content (AvgIpc) is 2.75. The molecule has 19 heavy (non-hydrogen) atoms. The largest absolute Gasteiger partial charge is 0.299 e. The maximum absolute atomic E-state index is 12.3. The van der Waals surface area contributed by atoms with Crippen LogP contribution in [0.25, 0.3) is 0 Å². The van der Waals surface area contributed by atoms with Crippen LogP contribution in [0.1, 0.15) is 51.9 Å². The first-order chi connectivity index (χ1) is 9.20. The average molecular weight is 256 g/mol. The summed E-state index contributed by atoms with van der Waals surface area (Å²) in [6, 6.07) is 0. The molecular formula is C18H24O. The number of allylic oxidation sites excluding steroid dienone is 4. The van der Waals surface area contributed by atoms with Crippen molar-refractivity contribution in [2.75, 3.05) is 0 Å². The standard InChI is InChI=1S/C18H24O/c1-18-11-10-14-13-5-3-2-4-12(13)6-7-15(14)16(18)8-9-17(18)19/h2,4,6,13-16H,3,5,7-11H2,1H3. The summed E-state index contributed by atoms with van der Waals surface area (Å²) in [7, 11) is 0. The van der Waals surface area contributed by atoms with Gasteiger partial charge >= 0.3 is 0 Å². The van der Waals surface area contributed by atoms with Gasteiger partial charge in [0.25, 0.3) is 0 Å². The van der Waals surface area contributed by atoms with Gasteiger partial charge in [-0.1, -0.05) is 25.2 Å². The Morgan fingerprint density at radius 2 is 2.11 bits per heavy atom. The number of hydrogen-bond donors (Lipinski definition) is 0. The number of Topliss-reactive ketones (excluding diaryl/α,β-unsaturated/α-hetero) is 1. The lowest BCUT2D eigenvalue weighted by Crippen LogP contribution is -2.45. The zero-order valence-corrected chi connectivity index (χ0v) is 11.9. The van der Waals surface area contributed by atoms with Crippen molar-refractivity contribution in [3.8, 4) is 0 Å². The summed E-state index contributed by atoms with van der Waals surface area (Å²) < 4.78 is 0. The van der Waals surface area contributed by atoms with Gasteiger partial charge in [-0.05, 0) is 67.8 Å². The van der Waals surface area contributed by atoms with E-state index < -0.39 is 0 Å². The first-order valence-electron chi connectivity index (χ1n) is 8.10. The van der Waals surface area contributed by atoms with Gasteiger partial charge in [0.15, 0.2) is 0 Å². The van der Waals surface area contributed by atoms with Crippen LogP contribution in [0, 0.1) is 29.1 Å². The zero-order chi connectivity index (χ0) is 13.0. The lowest BCUT2D eigenvalue weighted by molar-refractivity contribution is -0.130. The van der Waals surface area contributed by atoms with Crippen molar-refractivity contribution in [1.29, 1.82) is 0 Å². The lowest BCUT2D eigenvalue weighted by atomic mass is 9.53. The molecule has 5 atom stereocenters.